The smallest absolute Gasteiger partial charge is 0.317 e. The van der Waals surface area contributed by atoms with Crippen molar-refractivity contribution < 1.29 is 9.59 Å². The number of benzene rings is 1. The summed E-state index contributed by atoms with van der Waals surface area (Å²) in [5, 5.41) is 3.65. The van der Waals surface area contributed by atoms with Gasteiger partial charge < -0.3 is 15.1 Å². The molecular formula is C17H22ClN3O2. The maximum Gasteiger partial charge on any atom is 0.317 e. The van der Waals surface area contributed by atoms with Crippen molar-refractivity contribution in [2.75, 3.05) is 32.7 Å². The Hall–Kier alpha value is -1.75. The van der Waals surface area contributed by atoms with Gasteiger partial charge in [-0.3, -0.25) is 4.79 Å². The molecule has 1 heterocycles. The number of piperazine rings is 1. The lowest BCUT2D eigenvalue weighted by molar-refractivity contribution is -0.131. The summed E-state index contributed by atoms with van der Waals surface area (Å²) in [7, 11) is 0. The van der Waals surface area contributed by atoms with Crippen molar-refractivity contribution in [1.29, 1.82) is 0 Å². The van der Waals surface area contributed by atoms with Crippen LogP contribution in [0.15, 0.2) is 24.3 Å². The van der Waals surface area contributed by atoms with E-state index in [-0.39, 0.29) is 11.9 Å². The van der Waals surface area contributed by atoms with Crippen molar-refractivity contribution in [3.05, 3.63) is 34.9 Å². The Kier molecular flexibility index (Phi) is 5.06. The van der Waals surface area contributed by atoms with Gasteiger partial charge in [0.2, 0.25) is 5.91 Å². The Labute approximate surface area is 141 Å². The first-order valence-electron chi connectivity index (χ1n) is 8.17. The predicted octanol–water partition coefficient (Wildman–Crippen LogP) is 2.15. The number of hydrogen-bond donors (Lipinski definition) is 1. The van der Waals surface area contributed by atoms with Crippen LogP contribution in [-0.2, 0) is 11.2 Å². The highest BCUT2D eigenvalue weighted by Crippen LogP contribution is 2.27. The van der Waals surface area contributed by atoms with Gasteiger partial charge in [-0.2, -0.15) is 0 Å². The van der Waals surface area contributed by atoms with E-state index in [0.717, 1.165) is 12.1 Å². The van der Waals surface area contributed by atoms with Gasteiger partial charge in [0.1, 0.15) is 0 Å². The molecule has 0 radical (unpaired) electrons. The average Bonchev–Trinajstić information content (AvgIpc) is 3.39. The molecule has 0 spiro atoms. The molecule has 1 saturated carbocycles. The molecule has 1 aliphatic carbocycles. The van der Waals surface area contributed by atoms with Gasteiger partial charge in [-0.25, -0.2) is 4.79 Å². The van der Waals surface area contributed by atoms with Crippen molar-refractivity contribution in [3.8, 4) is 0 Å². The molecule has 6 heteroatoms. The van der Waals surface area contributed by atoms with Crippen LogP contribution >= 0.6 is 11.6 Å². The molecule has 0 bridgehead atoms. The van der Waals surface area contributed by atoms with Crippen LogP contribution in [0.1, 0.15) is 18.4 Å². The zero-order valence-corrected chi connectivity index (χ0v) is 13.9. The minimum atomic E-state index is 0.00157. The van der Waals surface area contributed by atoms with Crippen LogP contribution in [0, 0.1) is 5.92 Å². The highest BCUT2D eigenvalue weighted by molar-refractivity contribution is 6.30. The van der Waals surface area contributed by atoms with E-state index in [4.69, 9.17) is 11.6 Å². The topological polar surface area (TPSA) is 52.7 Å². The van der Waals surface area contributed by atoms with Crippen LogP contribution in [0.5, 0.6) is 0 Å². The summed E-state index contributed by atoms with van der Waals surface area (Å²) < 4.78 is 0. The maximum atomic E-state index is 12.3. The van der Waals surface area contributed by atoms with E-state index in [1.807, 2.05) is 17.0 Å². The van der Waals surface area contributed by atoms with Gasteiger partial charge in [-0.1, -0.05) is 23.7 Å². The number of amides is 3. The molecule has 5 nitrogen and oxygen atoms in total. The zero-order valence-electron chi connectivity index (χ0n) is 13.1. The van der Waals surface area contributed by atoms with E-state index in [0.29, 0.717) is 43.5 Å². The van der Waals surface area contributed by atoms with E-state index >= 15 is 0 Å². The maximum absolute atomic E-state index is 12.3. The van der Waals surface area contributed by atoms with Gasteiger partial charge in [0.05, 0.1) is 6.42 Å². The van der Waals surface area contributed by atoms with Crippen LogP contribution < -0.4 is 5.32 Å². The van der Waals surface area contributed by atoms with Gasteiger partial charge in [0.25, 0.3) is 0 Å². The third-order valence-electron chi connectivity index (χ3n) is 4.43. The molecule has 0 atom stereocenters. The molecule has 3 amide bonds. The highest BCUT2D eigenvalue weighted by atomic mass is 35.5. The summed E-state index contributed by atoms with van der Waals surface area (Å²) >= 11 is 5.85. The molecule has 1 aliphatic heterocycles. The minimum Gasteiger partial charge on any atom is -0.339 e. The average molecular weight is 336 g/mol. The number of hydrogen-bond acceptors (Lipinski definition) is 2. The third-order valence-corrected chi connectivity index (χ3v) is 4.68. The summed E-state index contributed by atoms with van der Waals surface area (Å²) in [5.41, 5.74) is 0.962. The second kappa shape index (κ2) is 7.21. The number of rotatable bonds is 4. The van der Waals surface area contributed by atoms with Crippen molar-refractivity contribution in [3.63, 3.8) is 0 Å². The fourth-order valence-corrected chi connectivity index (χ4v) is 2.84. The lowest BCUT2D eigenvalue weighted by Gasteiger charge is -2.34. The quantitative estimate of drug-likeness (QED) is 0.916. The molecule has 1 saturated heterocycles. The van der Waals surface area contributed by atoms with Gasteiger partial charge in [-0.05, 0) is 36.5 Å². The van der Waals surface area contributed by atoms with E-state index in [9.17, 15) is 9.59 Å². The van der Waals surface area contributed by atoms with Gasteiger partial charge >= 0.3 is 6.03 Å². The molecule has 124 valence electrons. The SMILES string of the molecule is O=C(Cc1ccc(Cl)cc1)N1CCN(C(=O)NCC2CC2)CC1. The lowest BCUT2D eigenvalue weighted by Crippen LogP contribution is -2.53. The van der Waals surface area contributed by atoms with Gasteiger partial charge in [0, 0.05) is 37.7 Å². The molecule has 3 rings (SSSR count). The first kappa shape index (κ1) is 16.1. The van der Waals surface area contributed by atoms with E-state index in [1.54, 1.807) is 17.0 Å². The molecule has 0 unspecified atom stereocenters. The summed E-state index contributed by atoms with van der Waals surface area (Å²) in [6.07, 6.45) is 2.84. The highest BCUT2D eigenvalue weighted by Gasteiger charge is 2.26. The summed E-state index contributed by atoms with van der Waals surface area (Å²) in [6.45, 7) is 3.19. The number of carbonyl (C=O) groups is 2. The predicted molar refractivity (Wildman–Crippen MR) is 89.4 cm³/mol. The van der Waals surface area contributed by atoms with Crippen LogP contribution in [0.3, 0.4) is 0 Å². The zero-order chi connectivity index (χ0) is 16.2. The van der Waals surface area contributed by atoms with Crippen LogP contribution in [0.2, 0.25) is 5.02 Å². The van der Waals surface area contributed by atoms with Crippen LogP contribution in [-0.4, -0.2) is 54.5 Å². The van der Waals surface area contributed by atoms with E-state index in [2.05, 4.69) is 5.32 Å². The lowest BCUT2D eigenvalue weighted by atomic mass is 10.1. The Morgan fingerprint density at radius 1 is 1.04 bits per heavy atom. The molecule has 1 aromatic rings. The second-order valence-electron chi connectivity index (χ2n) is 6.30. The van der Waals surface area contributed by atoms with Crippen molar-refractivity contribution in [1.82, 2.24) is 15.1 Å². The molecule has 2 fully saturated rings. The number of halogens is 1. The first-order valence-corrected chi connectivity index (χ1v) is 8.54. The number of nitrogens with one attached hydrogen (secondary N) is 1. The standard InChI is InChI=1S/C17H22ClN3O2/c18-15-5-3-13(4-6-15)11-16(22)20-7-9-21(10-8-20)17(23)19-12-14-1-2-14/h3-6,14H,1-2,7-12H2,(H,19,23). The fraction of sp³-hybridized carbons (Fsp3) is 0.529. The van der Waals surface area contributed by atoms with Gasteiger partial charge in [0.15, 0.2) is 0 Å². The van der Waals surface area contributed by atoms with Crippen LogP contribution in [0.25, 0.3) is 0 Å². The summed E-state index contributed by atoms with van der Waals surface area (Å²) in [5.74, 6) is 0.784. The summed E-state index contributed by atoms with van der Waals surface area (Å²) in [6, 6.07) is 7.35. The molecule has 2 aliphatic rings. The number of urea groups is 1. The number of nitrogens with zero attached hydrogens (tertiary/aromatic N) is 2. The number of carbonyl (C=O) groups excluding carboxylic acids is 2. The van der Waals surface area contributed by atoms with Crippen molar-refractivity contribution in [2.24, 2.45) is 5.92 Å². The Morgan fingerprint density at radius 3 is 2.26 bits per heavy atom. The summed E-state index contributed by atoms with van der Waals surface area (Å²) in [4.78, 5) is 28.0. The molecular weight excluding hydrogens is 314 g/mol. The molecule has 23 heavy (non-hydrogen) atoms. The van der Waals surface area contributed by atoms with E-state index < -0.39 is 0 Å². The Morgan fingerprint density at radius 2 is 1.65 bits per heavy atom. The largest absolute Gasteiger partial charge is 0.339 e. The third kappa shape index (κ3) is 4.61. The van der Waals surface area contributed by atoms with Crippen molar-refractivity contribution >= 4 is 23.5 Å². The normalized spacial score (nSPS) is 18.0. The Balaban J connectivity index is 1.43. The Bertz CT molecular complexity index is 564. The first-order chi connectivity index (χ1) is 11.1. The molecule has 1 N–H and O–H groups in total. The second-order valence-corrected chi connectivity index (χ2v) is 6.74. The monoisotopic (exact) mass is 335 g/mol. The van der Waals surface area contributed by atoms with Crippen molar-refractivity contribution in [2.45, 2.75) is 19.3 Å². The van der Waals surface area contributed by atoms with Crippen LogP contribution in [0.4, 0.5) is 4.79 Å². The van der Waals surface area contributed by atoms with E-state index in [1.165, 1.54) is 12.8 Å². The molecule has 0 aromatic heterocycles. The van der Waals surface area contributed by atoms with Gasteiger partial charge in [-0.15, -0.1) is 0 Å². The fourth-order valence-electron chi connectivity index (χ4n) is 2.71. The minimum absolute atomic E-state index is 0.00157. The molecule has 1 aromatic carbocycles.